The van der Waals surface area contributed by atoms with Crippen LogP contribution in [0.25, 0.3) is 0 Å². The molecule has 1 saturated carbocycles. The van der Waals surface area contributed by atoms with Gasteiger partial charge in [0.2, 0.25) is 0 Å². The van der Waals surface area contributed by atoms with Crippen LogP contribution in [0.4, 0.5) is 0 Å². The smallest absolute Gasteiger partial charge is 0.0678 e. The number of benzene rings is 1. The van der Waals surface area contributed by atoms with Crippen molar-refractivity contribution in [2.24, 2.45) is 5.92 Å². The molecule has 0 heterocycles. The average Bonchev–Trinajstić information content (AvgIpc) is 2.17. The van der Waals surface area contributed by atoms with Crippen LogP contribution in [0, 0.1) is 17.8 Å². The monoisotopic (exact) mass is 172 g/mol. The SMILES string of the molecule is OC1CCC1C#Cc1ccccc1. The van der Waals surface area contributed by atoms with Crippen LogP contribution in [0.1, 0.15) is 18.4 Å². The molecule has 1 aromatic carbocycles. The van der Waals surface area contributed by atoms with E-state index in [0.29, 0.717) is 0 Å². The second-order valence-corrected chi connectivity index (χ2v) is 3.39. The first-order valence-corrected chi connectivity index (χ1v) is 4.61. The summed E-state index contributed by atoms with van der Waals surface area (Å²) in [6.07, 6.45) is 1.77. The number of hydrogen-bond acceptors (Lipinski definition) is 1. The first-order valence-electron chi connectivity index (χ1n) is 4.61. The standard InChI is InChI=1S/C12H12O/c13-12-9-8-11(12)7-6-10-4-2-1-3-5-10/h1-5,11-13H,8-9H2. The lowest BCUT2D eigenvalue weighted by Gasteiger charge is -2.27. The van der Waals surface area contributed by atoms with E-state index in [1.54, 1.807) is 0 Å². The Morgan fingerprint density at radius 1 is 1.15 bits per heavy atom. The van der Waals surface area contributed by atoms with Crippen molar-refractivity contribution in [3.8, 4) is 11.8 Å². The fraction of sp³-hybridized carbons (Fsp3) is 0.333. The van der Waals surface area contributed by atoms with Crippen molar-refractivity contribution < 1.29 is 5.11 Å². The molecule has 2 unspecified atom stereocenters. The van der Waals surface area contributed by atoms with E-state index >= 15 is 0 Å². The van der Waals surface area contributed by atoms with Crippen LogP contribution in [-0.4, -0.2) is 11.2 Å². The largest absolute Gasteiger partial charge is 0.392 e. The van der Waals surface area contributed by atoms with E-state index in [1.807, 2.05) is 30.3 Å². The predicted molar refractivity (Wildman–Crippen MR) is 52.1 cm³/mol. The Morgan fingerprint density at radius 2 is 1.92 bits per heavy atom. The van der Waals surface area contributed by atoms with E-state index in [1.165, 1.54) is 0 Å². The number of aliphatic hydroxyl groups excluding tert-OH is 1. The summed E-state index contributed by atoms with van der Waals surface area (Å²) >= 11 is 0. The zero-order chi connectivity index (χ0) is 9.10. The van der Waals surface area contributed by atoms with Gasteiger partial charge in [0.05, 0.1) is 6.10 Å². The topological polar surface area (TPSA) is 20.2 Å². The quantitative estimate of drug-likeness (QED) is 0.592. The molecule has 1 N–H and O–H groups in total. The fourth-order valence-corrected chi connectivity index (χ4v) is 1.35. The zero-order valence-electron chi connectivity index (χ0n) is 7.40. The van der Waals surface area contributed by atoms with Gasteiger partial charge in [-0.2, -0.15) is 0 Å². The molecule has 1 aliphatic carbocycles. The highest BCUT2D eigenvalue weighted by Crippen LogP contribution is 2.26. The van der Waals surface area contributed by atoms with Crippen molar-refractivity contribution in [3.05, 3.63) is 35.9 Å². The molecule has 1 fully saturated rings. The van der Waals surface area contributed by atoms with Crippen LogP contribution in [0.15, 0.2) is 30.3 Å². The summed E-state index contributed by atoms with van der Waals surface area (Å²) in [5.41, 5.74) is 1.03. The molecule has 2 rings (SSSR count). The van der Waals surface area contributed by atoms with Gasteiger partial charge >= 0.3 is 0 Å². The molecule has 13 heavy (non-hydrogen) atoms. The first-order chi connectivity index (χ1) is 6.36. The molecule has 0 saturated heterocycles. The van der Waals surface area contributed by atoms with Gasteiger partial charge in [-0.15, -0.1) is 0 Å². The summed E-state index contributed by atoms with van der Waals surface area (Å²) in [4.78, 5) is 0. The maximum atomic E-state index is 9.28. The Balaban J connectivity index is 2.04. The van der Waals surface area contributed by atoms with E-state index in [9.17, 15) is 5.11 Å². The second kappa shape index (κ2) is 3.64. The molecule has 0 spiro atoms. The highest BCUT2D eigenvalue weighted by atomic mass is 16.3. The molecule has 66 valence electrons. The van der Waals surface area contributed by atoms with Gasteiger partial charge in [0.15, 0.2) is 0 Å². The van der Waals surface area contributed by atoms with Gasteiger partial charge in [0, 0.05) is 11.5 Å². The Hall–Kier alpha value is -1.26. The van der Waals surface area contributed by atoms with Gasteiger partial charge in [-0.3, -0.25) is 0 Å². The highest BCUT2D eigenvalue weighted by Gasteiger charge is 2.26. The van der Waals surface area contributed by atoms with Gasteiger partial charge in [0.25, 0.3) is 0 Å². The number of aliphatic hydroxyl groups is 1. The summed E-state index contributed by atoms with van der Waals surface area (Å²) in [7, 11) is 0. The molecule has 0 radical (unpaired) electrons. The van der Waals surface area contributed by atoms with Gasteiger partial charge in [0.1, 0.15) is 0 Å². The van der Waals surface area contributed by atoms with Crippen LogP contribution < -0.4 is 0 Å². The van der Waals surface area contributed by atoms with E-state index in [2.05, 4.69) is 11.8 Å². The van der Waals surface area contributed by atoms with Crippen molar-refractivity contribution in [2.75, 3.05) is 0 Å². The molecule has 0 bridgehead atoms. The van der Waals surface area contributed by atoms with E-state index in [4.69, 9.17) is 0 Å². The summed E-state index contributed by atoms with van der Waals surface area (Å²) in [6.45, 7) is 0. The minimum absolute atomic E-state index is 0.184. The predicted octanol–water partition coefficient (Wildman–Crippen LogP) is 1.81. The lowest BCUT2D eigenvalue weighted by Crippen LogP contribution is -2.29. The molecule has 0 amide bonds. The third kappa shape index (κ3) is 1.91. The van der Waals surface area contributed by atoms with Crippen molar-refractivity contribution >= 4 is 0 Å². The lowest BCUT2D eigenvalue weighted by molar-refractivity contribution is 0.0550. The van der Waals surface area contributed by atoms with E-state index in [-0.39, 0.29) is 12.0 Å². The highest BCUT2D eigenvalue weighted by molar-refractivity contribution is 5.34. The van der Waals surface area contributed by atoms with Gasteiger partial charge in [-0.1, -0.05) is 30.0 Å². The third-order valence-electron chi connectivity index (χ3n) is 2.41. The maximum absolute atomic E-state index is 9.28. The summed E-state index contributed by atoms with van der Waals surface area (Å²) in [5, 5.41) is 9.28. The zero-order valence-corrected chi connectivity index (χ0v) is 7.40. The van der Waals surface area contributed by atoms with Crippen molar-refractivity contribution in [1.29, 1.82) is 0 Å². The third-order valence-corrected chi connectivity index (χ3v) is 2.41. The first kappa shape index (κ1) is 8.34. The molecule has 2 atom stereocenters. The Kier molecular flexibility index (Phi) is 2.33. The van der Waals surface area contributed by atoms with Gasteiger partial charge in [-0.05, 0) is 25.0 Å². The van der Waals surface area contributed by atoms with Crippen molar-refractivity contribution in [1.82, 2.24) is 0 Å². The molecule has 1 aromatic rings. The average molecular weight is 172 g/mol. The molecule has 1 nitrogen and oxygen atoms in total. The second-order valence-electron chi connectivity index (χ2n) is 3.39. The molecular weight excluding hydrogens is 160 g/mol. The van der Waals surface area contributed by atoms with E-state index in [0.717, 1.165) is 18.4 Å². The Labute approximate surface area is 78.4 Å². The lowest BCUT2D eigenvalue weighted by atomic mass is 9.82. The normalized spacial score (nSPS) is 25.6. The summed E-state index contributed by atoms with van der Waals surface area (Å²) < 4.78 is 0. The van der Waals surface area contributed by atoms with Crippen LogP contribution in [0.3, 0.4) is 0 Å². The molecular formula is C12H12O. The summed E-state index contributed by atoms with van der Waals surface area (Å²) in [6, 6.07) is 9.89. The van der Waals surface area contributed by atoms with Crippen LogP contribution in [0.5, 0.6) is 0 Å². The number of hydrogen-bond donors (Lipinski definition) is 1. The maximum Gasteiger partial charge on any atom is 0.0678 e. The Bertz CT molecular complexity index is 331. The fourth-order valence-electron chi connectivity index (χ4n) is 1.35. The van der Waals surface area contributed by atoms with Crippen molar-refractivity contribution in [3.63, 3.8) is 0 Å². The molecule has 0 aliphatic heterocycles. The Morgan fingerprint density at radius 3 is 2.46 bits per heavy atom. The van der Waals surface area contributed by atoms with Gasteiger partial charge < -0.3 is 5.11 Å². The van der Waals surface area contributed by atoms with Crippen LogP contribution in [0.2, 0.25) is 0 Å². The van der Waals surface area contributed by atoms with E-state index < -0.39 is 0 Å². The minimum Gasteiger partial charge on any atom is -0.392 e. The van der Waals surface area contributed by atoms with Gasteiger partial charge in [-0.25, -0.2) is 0 Å². The summed E-state index contributed by atoms with van der Waals surface area (Å²) in [5.74, 6) is 6.36. The molecule has 0 aromatic heterocycles. The van der Waals surface area contributed by atoms with Crippen LogP contribution in [-0.2, 0) is 0 Å². The molecule has 1 heteroatoms. The molecule has 1 aliphatic rings. The van der Waals surface area contributed by atoms with Crippen molar-refractivity contribution in [2.45, 2.75) is 18.9 Å². The van der Waals surface area contributed by atoms with Crippen LogP contribution >= 0.6 is 0 Å². The minimum atomic E-state index is -0.184. The number of rotatable bonds is 0.